The van der Waals surface area contributed by atoms with E-state index in [-0.39, 0.29) is 28.5 Å². The molecule has 176 valence electrons. The molecule has 0 aliphatic carbocycles. The van der Waals surface area contributed by atoms with Crippen LogP contribution < -0.4 is 5.56 Å². The van der Waals surface area contributed by atoms with Crippen molar-refractivity contribution in [1.82, 2.24) is 14.5 Å². The number of H-pyrrole nitrogens is 1. The Balaban J connectivity index is 1.80. The van der Waals surface area contributed by atoms with Crippen molar-refractivity contribution >= 4 is 51.1 Å². The van der Waals surface area contributed by atoms with Crippen molar-refractivity contribution in [2.45, 2.75) is 18.4 Å². The maximum atomic E-state index is 14.7. The number of carbonyl (C=O) groups is 1. The van der Waals surface area contributed by atoms with Gasteiger partial charge in [0.15, 0.2) is 0 Å². The minimum atomic E-state index is -1.24. The van der Waals surface area contributed by atoms with Gasteiger partial charge in [-0.05, 0) is 61.2 Å². The van der Waals surface area contributed by atoms with Gasteiger partial charge in [-0.1, -0.05) is 17.7 Å². The second-order valence-electron chi connectivity index (χ2n) is 8.14. The highest BCUT2D eigenvalue weighted by Crippen LogP contribution is 2.36. The number of nitrogens with zero attached hydrogens (tertiary/aromatic N) is 2. The van der Waals surface area contributed by atoms with E-state index >= 15 is 0 Å². The van der Waals surface area contributed by atoms with E-state index in [9.17, 15) is 19.1 Å². The van der Waals surface area contributed by atoms with Gasteiger partial charge in [0.1, 0.15) is 16.7 Å². The number of pyridine rings is 2. The predicted molar refractivity (Wildman–Crippen MR) is 137 cm³/mol. The fourth-order valence-electron chi connectivity index (χ4n) is 4.33. The zero-order valence-electron chi connectivity index (χ0n) is 18.7. The van der Waals surface area contributed by atoms with Gasteiger partial charge in [0, 0.05) is 38.6 Å². The lowest BCUT2D eigenvalue weighted by Gasteiger charge is -2.12. The van der Waals surface area contributed by atoms with Crippen LogP contribution >= 0.6 is 23.4 Å². The molecule has 6 nitrogen and oxygen atoms in total. The van der Waals surface area contributed by atoms with Crippen molar-refractivity contribution in [3.8, 4) is 11.1 Å². The van der Waals surface area contributed by atoms with Crippen molar-refractivity contribution in [3.63, 3.8) is 0 Å². The molecule has 2 N–H and O–H groups in total. The molecule has 0 amide bonds. The lowest BCUT2D eigenvalue weighted by atomic mass is 10.0. The van der Waals surface area contributed by atoms with Crippen LogP contribution in [0.5, 0.6) is 0 Å². The fourth-order valence-corrected chi connectivity index (χ4v) is 4.97. The van der Waals surface area contributed by atoms with E-state index in [1.165, 1.54) is 16.8 Å². The van der Waals surface area contributed by atoms with Crippen LogP contribution in [0.2, 0.25) is 5.15 Å². The molecule has 0 fully saturated rings. The molecular formula is C26H19ClFN3O3S. The first-order valence-electron chi connectivity index (χ1n) is 10.7. The summed E-state index contributed by atoms with van der Waals surface area (Å²) in [6, 6.07) is 13.7. The van der Waals surface area contributed by atoms with Crippen LogP contribution in [-0.4, -0.2) is 31.9 Å². The van der Waals surface area contributed by atoms with Gasteiger partial charge in [0.05, 0.1) is 17.6 Å². The van der Waals surface area contributed by atoms with Crippen molar-refractivity contribution in [3.05, 3.63) is 92.9 Å². The van der Waals surface area contributed by atoms with Crippen molar-refractivity contribution in [2.24, 2.45) is 0 Å². The third-order valence-electron chi connectivity index (χ3n) is 6.01. The van der Waals surface area contributed by atoms with Crippen molar-refractivity contribution in [2.75, 3.05) is 6.26 Å². The summed E-state index contributed by atoms with van der Waals surface area (Å²) in [4.78, 5) is 33.3. The molecule has 35 heavy (non-hydrogen) atoms. The number of aryl methyl sites for hydroxylation is 1. The van der Waals surface area contributed by atoms with E-state index in [4.69, 9.17) is 11.6 Å². The molecule has 3 heterocycles. The van der Waals surface area contributed by atoms with Gasteiger partial charge < -0.3 is 14.7 Å². The largest absolute Gasteiger partial charge is 0.477 e. The topological polar surface area (TPSA) is 88.0 Å². The van der Waals surface area contributed by atoms with Crippen molar-refractivity contribution in [1.29, 1.82) is 0 Å². The average molecular weight is 508 g/mol. The number of nitrogens with one attached hydrogen (secondary N) is 1. The summed E-state index contributed by atoms with van der Waals surface area (Å²) in [7, 11) is 0. The zero-order valence-corrected chi connectivity index (χ0v) is 20.3. The van der Waals surface area contributed by atoms with Gasteiger partial charge in [-0.25, -0.2) is 14.2 Å². The second kappa shape index (κ2) is 8.87. The number of benzene rings is 2. The zero-order chi connectivity index (χ0) is 24.9. The maximum Gasteiger partial charge on any atom is 0.353 e. The quantitative estimate of drug-likeness (QED) is 0.221. The molecule has 0 atom stereocenters. The lowest BCUT2D eigenvalue weighted by molar-refractivity contribution is 0.0687. The first kappa shape index (κ1) is 23.1. The molecule has 9 heteroatoms. The SMILES string of the molecule is CSc1ccc2cc(Cn3c(C(=O)O)c(-c4ccc[nH]c4=O)c4cc(C)c(F)cc43)c(Cl)nc2c1. The van der Waals surface area contributed by atoms with Crippen LogP contribution in [0.4, 0.5) is 4.39 Å². The average Bonchev–Trinajstić information content (AvgIpc) is 3.12. The number of carboxylic acids is 1. The molecule has 0 spiro atoms. The Morgan fingerprint density at radius 3 is 2.74 bits per heavy atom. The van der Waals surface area contributed by atoms with E-state index in [0.717, 1.165) is 15.8 Å². The van der Waals surface area contributed by atoms with Crippen LogP contribution in [0.15, 0.2) is 64.4 Å². The van der Waals surface area contributed by atoms with E-state index in [2.05, 4.69) is 9.97 Å². The van der Waals surface area contributed by atoms with E-state index in [0.29, 0.717) is 22.0 Å². The van der Waals surface area contributed by atoms with Crippen LogP contribution in [0.3, 0.4) is 0 Å². The first-order valence-corrected chi connectivity index (χ1v) is 12.3. The highest BCUT2D eigenvalue weighted by Gasteiger charge is 2.26. The standard InChI is InChI=1S/C26H19ClFN3O3S/c1-13-8-18-21(11-19(13)28)31(23(26(33)34)22(18)17-4-3-7-29-25(17)32)12-15-9-14-5-6-16(35-2)10-20(14)30-24(15)27/h3-11H,12H2,1-2H3,(H,29,32)(H,33,34). The molecule has 5 rings (SSSR count). The number of thioether (sulfide) groups is 1. The molecule has 0 aliphatic rings. The van der Waals surface area contributed by atoms with Crippen molar-refractivity contribution < 1.29 is 14.3 Å². The third kappa shape index (κ3) is 3.98. The van der Waals surface area contributed by atoms with Gasteiger partial charge in [-0.3, -0.25) is 4.79 Å². The summed E-state index contributed by atoms with van der Waals surface area (Å²) < 4.78 is 16.2. The van der Waals surface area contributed by atoms with Crippen LogP contribution in [0.1, 0.15) is 21.6 Å². The van der Waals surface area contributed by atoms with Gasteiger partial charge in [0.25, 0.3) is 5.56 Å². The Hall–Kier alpha value is -3.62. The molecule has 0 saturated carbocycles. The van der Waals surface area contributed by atoms with Gasteiger partial charge in [0.2, 0.25) is 0 Å². The third-order valence-corrected chi connectivity index (χ3v) is 7.07. The van der Waals surface area contributed by atoms with Crippen LogP contribution in [0.25, 0.3) is 32.9 Å². The summed E-state index contributed by atoms with van der Waals surface area (Å²) in [6.07, 6.45) is 3.44. The summed E-state index contributed by atoms with van der Waals surface area (Å²) in [5.74, 6) is -1.72. The molecule has 0 unspecified atom stereocenters. The van der Waals surface area contributed by atoms with E-state index < -0.39 is 17.3 Å². The highest BCUT2D eigenvalue weighted by molar-refractivity contribution is 7.98. The summed E-state index contributed by atoms with van der Waals surface area (Å²) in [5, 5.41) is 11.8. The summed E-state index contributed by atoms with van der Waals surface area (Å²) in [5.41, 5.74) is 1.83. The Morgan fingerprint density at radius 2 is 2.03 bits per heavy atom. The molecule has 5 aromatic rings. The number of aromatic amines is 1. The fraction of sp³-hybridized carbons (Fsp3) is 0.115. The second-order valence-corrected chi connectivity index (χ2v) is 9.38. The number of aromatic carboxylic acids is 1. The van der Waals surface area contributed by atoms with Crippen LogP contribution in [-0.2, 0) is 6.54 Å². The smallest absolute Gasteiger partial charge is 0.353 e. The maximum absolute atomic E-state index is 14.7. The Labute approximate surface area is 208 Å². The number of rotatable bonds is 5. The number of hydrogen-bond donors (Lipinski definition) is 2. The monoisotopic (exact) mass is 507 g/mol. The van der Waals surface area contributed by atoms with Gasteiger partial charge in [-0.15, -0.1) is 11.8 Å². The number of aromatic nitrogens is 3. The molecule has 2 aromatic carbocycles. The summed E-state index contributed by atoms with van der Waals surface area (Å²) >= 11 is 8.12. The molecule has 0 radical (unpaired) electrons. The normalized spacial score (nSPS) is 11.4. The van der Waals surface area contributed by atoms with E-state index in [1.807, 2.05) is 30.5 Å². The highest BCUT2D eigenvalue weighted by atomic mass is 35.5. The molecular weight excluding hydrogens is 489 g/mol. The minimum absolute atomic E-state index is 0.0252. The minimum Gasteiger partial charge on any atom is -0.477 e. The van der Waals surface area contributed by atoms with Crippen LogP contribution in [0, 0.1) is 12.7 Å². The number of carboxylic acid groups (broad SMARTS) is 1. The Kier molecular flexibility index (Phi) is 5.86. The Bertz CT molecular complexity index is 1710. The number of fused-ring (bicyclic) bond motifs is 2. The Morgan fingerprint density at radius 1 is 1.23 bits per heavy atom. The molecule has 0 aliphatic heterocycles. The first-order chi connectivity index (χ1) is 16.8. The summed E-state index contributed by atoms with van der Waals surface area (Å²) in [6.45, 7) is 1.62. The van der Waals surface area contributed by atoms with E-state index in [1.54, 1.807) is 36.9 Å². The lowest BCUT2D eigenvalue weighted by Crippen LogP contribution is -2.14. The molecule has 3 aromatic heterocycles. The molecule has 0 saturated heterocycles. The number of halogens is 2. The molecule has 0 bridgehead atoms. The predicted octanol–water partition coefficient (Wildman–Crippen LogP) is 6.11. The number of hydrogen-bond acceptors (Lipinski definition) is 4. The van der Waals surface area contributed by atoms with Gasteiger partial charge in [-0.2, -0.15) is 0 Å². The van der Waals surface area contributed by atoms with Gasteiger partial charge >= 0.3 is 5.97 Å².